The third-order valence-corrected chi connectivity index (χ3v) is 1.48. The summed E-state index contributed by atoms with van der Waals surface area (Å²) < 4.78 is 10.3. The van der Waals surface area contributed by atoms with Gasteiger partial charge in [-0.2, -0.15) is 0 Å². The molecule has 1 fully saturated rings. The van der Waals surface area contributed by atoms with E-state index in [9.17, 15) is 4.79 Å². The Morgan fingerprint density at radius 3 is 2.60 bits per heavy atom. The first kappa shape index (κ1) is 7.69. The first-order chi connectivity index (χ1) is 4.51. The Kier molecular flexibility index (Phi) is 1.79. The SMILES string of the molecule is CC1OC(C)(C)OCC1=O. The van der Waals surface area contributed by atoms with Gasteiger partial charge in [0.05, 0.1) is 0 Å². The maximum absolute atomic E-state index is 10.8. The van der Waals surface area contributed by atoms with Gasteiger partial charge in [-0.1, -0.05) is 0 Å². The lowest BCUT2D eigenvalue weighted by Gasteiger charge is -2.33. The van der Waals surface area contributed by atoms with Gasteiger partial charge in [-0.15, -0.1) is 0 Å². The highest BCUT2D eigenvalue weighted by molar-refractivity contribution is 5.84. The van der Waals surface area contributed by atoms with Gasteiger partial charge >= 0.3 is 0 Å². The summed E-state index contributed by atoms with van der Waals surface area (Å²) in [6, 6.07) is 0. The fourth-order valence-electron chi connectivity index (χ4n) is 0.888. The largest absolute Gasteiger partial charge is 0.343 e. The standard InChI is InChI=1S/C7H12O3/c1-5-6(8)4-9-7(2,3)10-5/h5H,4H2,1-3H3. The van der Waals surface area contributed by atoms with E-state index in [1.54, 1.807) is 20.8 Å². The molecule has 1 aliphatic heterocycles. The number of carbonyl (C=O) groups is 1. The van der Waals surface area contributed by atoms with Crippen LogP contribution in [0.3, 0.4) is 0 Å². The monoisotopic (exact) mass is 144 g/mol. The van der Waals surface area contributed by atoms with E-state index >= 15 is 0 Å². The summed E-state index contributed by atoms with van der Waals surface area (Å²) in [7, 11) is 0. The van der Waals surface area contributed by atoms with E-state index < -0.39 is 5.79 Å². The molecular formula is C7H12O3. The highest BCUT2D eigenvalue weighted by Gasteiger charge is 2.31. The molecular weight excluding hydrogens is 132 g/mol. The summed E-state index contributed by atoms with van der Waals surface area (Å²) >= 11 is 0. The van der Waals surface area contributed by atoms with Crippen LogP contribution in [0.25, 0.3) is 0 Å². The summed E-state index contributed by atoms with van der Waals surface area (Å²) in [6.45, 7) is 5.52. The second-order valence-corrected chi connectivity index (χ2v) is 2.91. The average Bonchev–Trinajstić information content (AvgIpc) is 1.79. The van der Waals surface area contributed by atoms with Crippen molar-refractivity contribution in [3.05, 3.63) is 0 Å². The molecule has 3 heteroatoms. The van der Waals surface area contributed by atoms with Gasteiger partial charge in [0.2, 0.25) is 0 Å². The molecule has 58 valence electrons. The average molecular weight is 144 g/mol. The van der Waals surface area contributed by atoms with Gasteiger partial charge in [0.25, 0.3) is 0 Å². The van der Waals surface area contributed by atoms with Crippen LogP contribution < -0.4 is 0 Å². The normalized spacial score (nSPS) is 32.3. The van der Waals surface area contributed by atoms with Crippen molar-refractivity contribution in [3.8, 4) is 0 Å². The number of hydrogen-bond acceptors (Lipinski definition) is 3. The number of rotatable bonds is 0. The Balaban J connectivity index is 2.57. The van der Waals surface area contributed by atoms with E-state index in [0.717, 1.165) is 0 Å². The number of ketones is 1. The topological polar surface area (TPSA) is 35.5 Å². The molecule has 1 saturated heterocycles. The van der Waals surface area contributed by atoms with E-state index in [2.05, 4.69) is 0 Å². The highest BCUT2D eigenvalue weighted by atomic mass is 16.7. The second kappa shape index (κ2) is 2.32. The van der Waals surface area contributed by atoms with Crippen molar-refractivity contribution in [1.82, 2.24) is 0 Å². The molecule has 1 unspecified atom stereocenters. The van der Waals surface area contributed by atoms with Gasteiger partial charge in [-0.3, -0.25) is 4.79 Å². The van der Waals surface area contributed by atoms with Crippen molar-refractivity contribution < 1.29 is 14.3 Å². The summed E-state index contributed by atoms with van der Waals surface area (Å²) in [5, 5.41) is 0. The van der Waals surface area contributed by atoms with Crippen LogP contribution >= 0.6 is 0 Å². The molecule has 0 radical (unpaired) electrons. The summed E-state index contributed by atoms with van der Waals surface area (Å²) in [5.41, 5.74) is 0. The molecule has 0 spiro atoms. The predicted molar refractivity (Wildman–Crippen MR) is 35.6 cm³/mol. The number of hydrogen-bond donors (Lipinski definition) is 0. The Bertz CT molecular complexity index is 151. The van der Waals surface area contributed by atoms with Crippen LogP contribution in [-0.4, -0.2) is 24.3 Å². The zero-order valence-electron chi connectivity index (χ0n) is 6.51. The van der Waals surface area contributed by atoms with Gasteiger partial charge in [-0.25, -0.2) is 0 Å². The Morgan fingerprint density at radius 2 is 2.20 bits per heavy atom. The van der Waals surface area contributed by atoms with E-state index in [1.807, 2.05) is 0 Å². The maximum atomic E-state index is 10.8. The smallest absolute Gasteiger partial charge is 0.187 e. The van der Waals surface area contributed by atoms with Gasteiger partial charge < -0.3 is 9.47 Å². The lowest BCUT2D eigenvalue weighted by molar-refractivity contribution is -0.254. The van der Waals surface area contributed by atoms with Crippen molar-refractivity contribution in [1.29, 1.82) is 0 Å². The van der Waals surface area contributed by atoms with Gasteiger partial charge in [0.15, 0.2) is 11.6 Å². The molecule has 1 heterocycles. The molecule has 3 nitrogen and oxygen atoms in total. The molecule has 1 aliphatic rings. The van der Waals surface area contributed by atoms with Crippen LogP contribution in [0.1, 0.15) is 20.8 Å². The van der Waals surface area contributed by atoms with Crippen LogP contribution in [0.15, 0.2) is 0 Å². The van der Waals surface area contributed by atoms with E-state index in [4.69, 9.17) is 9.47 Å². The molecule has 1 rings (SSSR count). The number of Topliss-reactive ketones (excluding diaryl/α,β-unsaturated/α-hetero) is 1. The molecule has 0 N–H and O–H groups in total. The second-order valence-electron chi connectivity index (χ2n) is 2.91. The Labute approximate surface area is 60.3 Å². The van der Waals surface area contributed by atoms with Crippen molar-refractivity contribution >= 4 is 5.78 Å². The van der Waals surface area contributed by atoms with Crippen molar-refractivity contribution in [3.63, 3.8) is 0 Å². The molecule has 0 aromatic rings. The summed E-state index contributed by atoms with van der Waals surface area (Å²) in [4.78, 5) is 10.8. The quantitative estimate of drug-likeness (QED) is 0.502. The van der Waals surface area contributed by atoms with Crippen LogP contribution in [0.2, 0.25) is 0 Å². The molecule has 0 aromatic carbocycles. The third-order valence-electron chi connectivity index (χ3n) is 1.48. The highest BCUT2D eigenvalue weighted by Crippen LogP contribution is 2.19. The zero-order valence-corrected chi connectivity index (χ0v) is 6.51. The summed E-state index contributed by atoms with van der Waals surface area (Å²) in [5.74, 6) is -0.577. The molecule has 0 saturated carbocycles. The first-order valence-electron chi connectivity index (χ1n) is 3.36. The number of ether oxygens (including phenoxy) is 2. The molecule has 0 bridgehead atoms. The molecule has 0 aromatic heterocycles. The van der Waals surface area contributed by atoms with Crippen molar-refractivity contribution in [2.24, 2.45) is 0 Å². The fourth-order valence-corrected chi connectivity index (χ4v) is 0.888. The predicted octanol–water partition coefficient (Wildman–Crippen LogP) is 0.727. The Morgan fingerprint density at radius 1 is 1.60 bits per heavy atom. The van der Waals surface area contributed by atoms with Crippen LogP contribution in [0.4, 0.5) is 0 Å². The van der Waals surface area contributed by atoms with Crippen molar-refractivity contribution in [2.75, 3.05) is 6.61 Å². The minimum atomic E-state index is -0.590. The first-order valence-corrected chi connectivity index (χ1v) is 3.36. The molecule has 1 atom stereocenters. The van der Waals surface area contributed by atoms with Gasteiger partial charge in [0.1, 0.15) is 12.7 Å². The lowest BCUT2D eigenvalue weighted by Crippen LogP contribution is -2.44. The molecule has 0 amide bonds. The lowest BCUT2D eigenvalue weighted by atomic mass is 10.2. The number of carbonyl (C=O) groups excluding carboxylic acids is 1. The van der Waals surface area contributed by atoms with Gasteiger partial charge in [-0.05, 0) is 20.8 Å². The van der Waals surface area contributed by atoms with Crippen LogP contribution in [0, 0.1) is 0 Å². The maximum Gasteiger partial charge on any atom is 0.187 e. The Hall–Kier alpha value is -0.410. The molecule has 10 heavy (non-hydrogen) atoms. The van der Waals surface area contributed by atoms with Crippen LogP contribution in [0.5, 0.6) is 0 Å². The van der Waals surface area contributed by atoms with E-state index in [0.29, 0.717) is 0 Å². The van der Waals surface area contributed by atoms with E-state index in [1.165, 1.54) is 0 Å². The molecule has 0 aliphatic carbocycles. The minimum Gasteiger partial charge on any atom is -0.343 e. The summed E-state index contributed by atoms with van der Waals surface area (Å²) in [6.07, 6.45) is -0.316. The fraction of sp³-hybridized carbons (Fsp3) is 0.857. The van der Waals surface area contributed by atoms with Gasteiger partial charge in [0, 0.05) is 0 Å². The van der Waals surface area contributed by atoms with Crippen LogP contribution in [-0.2, 0) is 14.3 Å². The van der Waals surface area contributed by atoms with E-state index in [-0.39, 0.29) is 18.5 Å². The van der Waals surface area contributed by atoms with Crippen molar-refractivity contribution in [2.45, 2.75) is 32.7 Å². The zero-order chi connectivity index (χ0) is 7.78. The third kappa shape index (κ3) is 1.55. The minimum absolute atomic E-state index is 0.0133.